The van der Waals surface area contributed by atoms with Crippen LogP contribution in [0.25, 0.3) is 0 Å². The van der Waals surface area contributed by atoms with Crippen LogP contribution in [-0.4, -0.2) is 42.2 Å². The van der Waals surface area contributed by atoms with E-state index in [4.69, 9.17) is 16.3 Å². The number of aromatic hydroxyl groups is 1. The lowest BCUT2D eigenvalue weighted by molar-refractivity contribution is -0.129. The molecule has 21 heavy (non-hydrogen) atoms. The molecule has 1 saturated heterocycles. The Hall–Kier alpha value is -1.26. The van der Waals surface area contributed by atoms with Gasteiger partial charge in [-0.3, -0.25) is 4.79 Å². The zero-order valence-corrected chi connectivity index (χ0v) is 13.1. The van der Waals surface area contributed by atoms with Crippen LogP contribution < -0.4 is 0 Å². The highest BCUT2D eigenvalue weighted by atomic mass is 35.5. The van der Waals surface area contributed by atoms with E-state index in [1.54, 1.807) is 12.1 Å². The topological polar surface area (TPSA) is 49.8 Å². The van der Waals surface area contributed by atoms with Gasteiger partial charge in [0, 0.05) is 25.6 Å². The molecule has 116 valence electrons. The molecule has 2 rings (SSSR count). The number of halogens is 1. The van der Waals surface area contributed by atoms with Crippen LogP contribution in [-0.2, 0) is 16.0 Å². The summed E-state index contributed by atoms with van der Waals surface area (Å²) in [6, 6.07) is 4.90. The molecule has 1 aliphatic heterocycles. The molecule has 0 spiro atoms. The maximum absolute atomic E-state index is 12.3. The normalized spacial score (nSPS) is 18.2. The van der Waals surface area contributed by atoms with E-state index in [-0.39, 0.29) is 16.7 Å². The fourth-order valence-corrected chi connectivity index (χ4v) is 2.74. The van der Waals surface area contributed by atoms with E-state index in [0.717, 1.165) is 44.7 Å². The van der Waals surface area contributed by atoms with Crippen molar-refractivity contribution in [1.82, 2.24) is 4.90 Å². The van der Waals surface area contributed by atoms with Gasteiger partial charge in [0.1, 0.15) is 5.75 Å². The first kappa shape index (κ1) is 16.1. The van der Waals surface area contributed by atoms with Crippen molar-refractivity contribution in [3.05, 3.63) is 28.8 Å². The SMILES string of the molecule is CCCOC[C@H]1CCN(C(=O)Cc2ccc(O)c(Cl)c2)C1. The Morgan fingerprint density at radius 1 is 1.52 bits per heavy atom. The summed E-state index contributed by atoms with van der Waals surface area (Å²) in [5.41, 5.74) is 0.827. The molecule has 1 aliphatic rings. The number of hydrogen-bond donors (Lipinski definition) is 1. The molecule has 4 nitrogen and oxygen atoms in total. The summed E-state index contributed by atoms with van der Waals surface area (Å²) in [5, 5.41) is 9.67. The van der Waals surface area contributed by atoms with E-state index in [0.29, 0.717) is 12.3 Å². The molecular weight excluding hydrogens is 290 g/mol. The van der Waals surface area contributed by atoms with Crippen LogP contribution >= 0.6 is 11.6 Å². The fourth-order valence-electron chi connectivity index (χ4n) is 2.54. The van der Waals surface area contributed by atoms with Crippen molar-refractivity contribution in [1.29, 1.82) is 0 Å². The predicted molar refractivity (Wildman–Crippen MR) is 82.6 cm³/mol. The molecule has 5 heteroatoms. The molecule has 0 aromatic heterocycles. The molecule has 0 radical (unpaired) electrons. The van der Waals surface area contributed by atoms with Gasteiger partial charge in [-0.05, 0) is 30.5 Å². The summed E-state index contributed by atoms with van der Waals surface area (Å²) in [7, 11) is 0. The number of phenolic OH excluding ortho intramolecular Hbond substituents is 1. The second-order valence-corrected chi connectivity index (χ2v) is 5.94. The van der Waals surface area contributed by atoms with E-state index in [1.165, 1.54) is 6.07 Å². The van der Waals surface area contributed by atoms with E-state index in [9.17, 15) is 9.90 Å². The number of carbonyl (C=O) groups is 1. The lowest BCUT2D eigenvalue weighted by Gasteiger charge is -2.17. The number of carbonyl (C=O) groups excluding carboxylic acids is 1. The summed E-state index contributed by atoms with van der Waals surface area (Å²) in [6.45, 7) is 5.19. The van der Waals surface area contributed by atoms with Crippen LogP contribution in [0.2, 0.25) is 5.02 Å². The highest BCUT2D eigenvalue weighted by Crippen LogP contribution is 2.24. The van der Waals surface area contributed by atoms with E-state index in [1.807, 2.05) is 4.90 Å². The number of nitrogens with zero attached hydrogens (tertiary/aromatic N) is 1. The Balaban J connectivity index is 1.82. The van der Waals surface area contributed by atoms with Gasteiger partial charge in [-0.2, -0.15) is 0 Å². The highest BCUT2D eigenvalue weighted by Gasteiger charge is 2.26. The minimum absolute atomic E-state index is 0.0437. The lowest BCUT2D eigenvalue weighted by Crippen LogP contribution is -2.30. The molecule has 1 atom stereocenters. The molecule has 1 amide bonds. The van der Waals surface area contributed by atoms with Crippen molar-refractivity contribution in [2.75, 3.05) is 26.3 Å². The predicted octanol–water partition coefficient (Wildman–Crippen LogP) is 2.86. The first-order valence-corrected chi connectivity index (χ1v) is 7.81. The second-order valence-electron chi connectivity index (χ2n) is 5.53. The zero-order valence-electron chi connectivity index (χ0n) is 12.3. The minimum atomic E-state index is 0.0437. The molecule has 1 fully saturated rings. The lowest BCUT2D eigenvalue weighted by atomic mass is 10.1. The average molecular weight is 312 g/mol. The van der Waals surface area contributed by atoms with E-state index in [2.05, 4.69) is 6.92 Å². The Kier molecular flexibility index (Phi) is 5.88. The Morgan fingerprint density at radius 2 is 2.33 bits per heavy atom. The van der Waals surface area contributed by atoms with Crippen LogP contribution in [0.1, 0.15) is 25.3 Å². The Bertz CT molecular complexity index is 492. The van der Waals surface area contributed by atoms with Gasteiger partial charge in [0.2, 0.25) is 5.91 Å². The summed E-state index contributed by atoms with van der Waals surface area (Å²) >= 11 is 5.86. The standard InChI is InChI=1S/C16H22ClNO3/c1-2-7-21-11-13-5-6-18(10-13)16(20)9-12-3-4-15(19)14(17)8-12/h3-4,8,13,19H,2,5-7,9-11H2,1H3/t13-/m0/s1. The fraction of sp³-hybridized carbons (Fsp3) is 0.562. The van der Waals surface area contributed by atoms with Crippen molar-refractivity contribution in [2.24, 2.45) is 5.92 Å². The molecule has 1 N–H and O–H groups in total. The number of amides is 1. The van der Waals surface area contributed by atoms with Gasteiger partial charge in [-0.1, -0.05) is 24.6 Å². The summed E-state index contributed by atoms with van der Waals surface area (Å²) in [5.74, 6) is 0.598. The van der Waals surface area contributed by atoms with Crippen LogP contribution in [0.3, 0.4) is 0 Å². The number of benzene rings is 1. The molecular formula is C16H22ClNO3. The summed E-state index contributed by atoms with van der Waals surface area (Å²) in [4.78, 5) is 14.2. The minimum Gasteiger partial charge on any atom is -0.506 e. The first-order valence-electron chi connectivity index (χ1n) is 7.43. The Labute approximate surface area is 130 Å². The quantitative estimate of drug-likeness (QED) is 0.822. The van der Waals surface area contributed by atoms with Crippen LogP contribution in [0.5, 0.6) is 5.75 Å². The third kappa shape index (κ3) is 4.61. The number of likely N-dealkylation sites (tertiary alicyclic amines) is 1. The van der Waals surface area contributed by atoms with Crippen LogP contribution in [0.15, 0.2) is 18.2 Å². The van der Waals surface area contributed by atoms with E-state index < -0.39 is 0 Å². The zero-order chi connectivity index (χ0) is 15.2. The van der Waals surface area contributed by atoms with Crippen LogP contribution in [0.4, 0.5) is 0 Å². The van der Waals surface area contributed by atoms with Gasteiger partial charge < -0.3 is 14.7 Å². The van der Waals surface area contributed by atoms with Crippen molar-refractivity contribution >= 4 is 17.5 Å². The number of rotatable bonds is 6. The maximum Gasteiger partial charge on any atom is 0.227 e. The molecule has 1 aromatic carbocycles. The van der Waals surface area contributed by atoms with E-state index >= 15 is 0 Å². The monoisotopic (exact) mass is 311 g/mol. The van der Waals surface area contributed by atoms with Crippen LogP contribution in [0, 0.1) is 5.92 Å². The molecule has 0 saturated carbocycles. The first-order chi connectivity index (χ1) is 10.1. The summed E-state index contributed by atoms with van der Waals surface area (Å²) < 4.78 is 5.56. The summed E-state index contributed by atoms with van der Waals surface area (Å²) in [6.07, 6.45) is 2.35. The molecule has 0 unspecified atom stereocenters. The number of phenols is 1. The van der Waals surface area contributed by atoms with Gasteiger partial charge >= 0.3 is 0 Å². The third-order valence-electron chi connectivity index (χ3n) is 3.71. The second kappa shape index (κ2) is 7.66. The molecule has 1 aromatic rings. The third-order valence-corrected chi connectivity index (χ3v) is 4.01. The van der Waals surface area contributed by atoms with Crippen molar-refractivity contribution < 1.29 is 14.6 Å². The van der Waals surface area contributed by atoms with Gasteiger partial charge in [-0.25, -0.2) is 0 Å². The molecule has 0 bridgehead atoms. The molecule has 1 heterocycles. The number of ether oxygens (including phenoxy) is 1. The van der Waals surface area contributed by atoms with Gasteiger partial charge in [0.25, 0.3) is 0 Å². The Morgan fingerprint density at radius 3 is 3.05 bits per heavy atom. The van der Waals surface area contributed by atoms with Crippen molar-refractivity contribution in [3.63, 3.8) is 0 Å². The smallest absolute Gasteiger partial charge is 0.227 e. The van der Waals surface area contributed by atoms with Crippen molar-refractivity contribution in [2.45, 2.75) is 26.2 Å². The highest BCUT2D eigenvalue weighted by molar-refractivity contribution is 6.32. The van der Waals surface area contributed by atoms with Gasteiger partial charge in [-0.15, -0.1) is 0 Å². The van der Waals surface area contributed by atoms with Gasteiger partial charge in [0.05, 0.1) is 18.1 Å². The largest absolute Gasteiger partial charge is 0.506 e. The van der Waals surface area contributed by atoms with Gasteiger partial charge in [0.15, 0.2) is 0 Å². The van der Waals surface area contributed by atoms with Crippen molar-refractivity contribution in [3.8, 4) is 5.75 Å². The maximum atomic E-state index is 12.3. The molecule has 0 aliphatic carbocycles. The average Bonchev–Trinajstić information content (AvgIpc) is 2.92. The number of hydrogen-bond acceptors (Lipinski definition) is 3.